The van der Waals surface area contributed by atoms with Crippen molar-refractivity contribution in [2.24, 2.45) is 5.92 Å². The van der Waals surface area contributed by atoms with Crippen LogP contribution in [0.4, 0.5) is 5.69 Å². The zero-order valence-corrected chi connectivity index (χ0v) is 19.5. The molecule has 8 nitrogen and oxygen atoms in total. The van der Waals surface area contributed by atoms with Gasteiger partial charge in [0.25, 0.3) is 5.91 Å². The number of fused-ring (bicyclic) bond motifs is 1. The van der Waals surface area contributed by atoms with Gasteiger partial charge in [0.2, 0.25) is 15.9 Å². The predicted octanol–water partition coefficient (Wildman–Crippen LogP) is 3.04. The van der Waals surface area contributed by atoms with Crippen molar-refractivity contribution in [1.29, 1.82) is 0 Å². The molecule has 2 aliphatic heterocycles. The van der Waals surface area contributed by atoms with Crippen LogP contribution in [0.3, 0.4) is 0 Å². The first-order valence-corrected chi connectivity index (χ1v) is 13.2. The van der Waals surface area contributed by atoms with Crippen molar-refractivity contribution in [3.05, 3.63) is 18.2 Å². The van der Waals surface area contributed by atoms with Crippen LogP contribution in [-0.4, -0.2) is 49.8 Å². The van der Waals surface area contributed by atoms with Gasteiger partial charge < -0.3 is 15.4 Å². The first kappa shape index (κ1) is 23.0. The highest BCUT2D eigenvalue weighted by atomic mass is 32.2. The van der Waals surface area contributed by atoms with Gasteiger partial charge in [-0.05, 0) is 50.8 Å². The van der Waals surface area contributed by atoms with E-state index in [9.17, 15) is 18.0 Å². The third-order valence-corrected chi connectivity index (χ3v) is 8.69. The van der Waals surface area contributed by atoms with Crippen LogP contribution in [0, 0.1) is 5.92 Å². The molecule has 1 saturated heterocycles. The fraction of sp³-hybridized carbons (Fsp3) is 0.652. The number of rotatable bonds is 4. The number of nitrogens with zero attached hydrogens (tertiary/aromatic N) is 1. The summed E-state index contributed by atoms with van der Waals surface area (Å²) in [5.41, 5.74) is 0.364. The van der Waals surface area contributed by atoms with Crippen LogP contribution in [0.5, 0.6) is 5.75 Å². The number of anilines is 1. The van der Waals surface area contributed by atoms with Gasteiger partial charge in [-0.15, -0.1) is 0 Å². The van der Waals surface area contributed by atoms with Gasteiger partial charge >= 0.3 is 0 Å². The van der Waals surface area contributed by atoms with Crippen LogP contribution >= 0.6 is 0 Å². The number of benzene rings is 1. The zero-order chi connectivity index (χ0) is 22.7. The molecule has 0 spiro atoms. The summed E-state index contributed by atoms with van der Waals surface area (Å²) >= 11 is 0. The van der Waals surface area contributed by atoms with Gasteiger partial charge in [0.1, 0.15) is 5.75 Å². The number of ether oxygens (including phenoxy) is 1. The Morgan fingerprint density at radius 1 is 1.06 bits per heavy atom. The van der Waals surface area contributed by atoms with Crippen LogP contribution in [0.2, 0.25) is 0 Å². The lowest BCUT2D eigenvalue weighted by atomic mass is 9.94. The minimum Gasteiger partial charge on any atom is -0.479 e. The lowest BCUT2D eigenvalue weighted by Crippen LogP contribution is -2.45. The van der Waals surface area contributed by atoms with Crippen molar-refractivity contribution < 1.29 is 22.7 Å². The molecular weight excluding hydrogens is 430 g/mol. The van der Waals surface area contributed by atoms with Gasteiger partial charge in [0.05, 0.1) is 10.6 Å². The second-order valence-electron chi connectivity index (χ2n) is 9.14. The summed E-state index contributed by atoms with van der Waals surface area (Å²) in [5, 5.41) is 5.92. The Morgan fingerprint density at radius 2 is 1.72 bits per heavy atom. The first-order chi connectivity index (χ1) is 15.3. The van der Waals surface area contributed by atoms with Gasteiger partial charge in [0.15, 0.2) is 6.10 Å². The van der Waals surface area contributed by atoms with Gasteiger partial charge in [0, 0.05) is 25.0 Å². The van der Waals surface area contributed by atoms with Crippen molar-refractivity contribution in [1.82, 2.24) is 9.62 Å². The second kappa shape index (κ2) is 9.79. The number of hydrogen-bond donors (Lipinski definition) is 2. The van der Waals surface area contributed by atoms with Crippen molar-refractivity contribution in [3.8, 4) is 5.75 Å². The quantitative estimate of drug-likeness (QED) is 0.714. The molecule has 3 aliphatic rings. The molecule has 2 fully saturated rings. The number of carbonyl (C=O) groups is 2. The molecule has 2 heterocycles. The Labute approximate surface area is 190 Å². The fourth-order valence-electron chi connectivity index (χ4n) is 4.78. The molecule has 176 valence electrons. The molecule has 2 amide bonds. The summed E-state index contributed by atoms with van der Waals surface area (Å²) in [7, 11) is -3.72. The van der Waals surface area contributed by atoms with E-state index in [0.29, 0.717) is 37.4 Å². The van der Waals surface area contributed by atoms with Crippen molar-refractivity contribution in [2.45, 2.75) is 81.8 Å². The second-order valence-corrected chi connectivity index (χ2v) is 11.1. The number of sulfonamides is 1. The van der Waals surface area contributed by atoms with Crippen LogP contribution < -0.4 is 15.4 Å². The van der Waals surface area contributed by atoms with E-state index in [-0.39, 0.29) is 28.7 Å². The van der Waals surface area contributed by atoms with E-state index in [1.165, 1.54) is 35.7 Å². The Morgan fingerprint density at radius 3 is 2.41 bits per heavy atom. The smallest absolute Gasteiger partial charge is 0.265 e. The summed E-state index contributed by atoms with van der Waals surface area (Å²) in [4.78, 5) is 24.8. The largest absolute Gasteiger partial charge is 0.479 e. The summed E-state index contributed by atoms with van der Waals surface area (Å²) in [6, 6.07) is 4.78. The molecule has 1 aromatic rings. The molecule has 0 bridgehead atoms. The van der Waals surface area contributed by atoms with Crippen molar-refractivity contribution in [2.75, 3.05) is 18.4 Å². The third-order valence-electron chi connectivity index (χ3n) is 6.80. The van der Waals surface area contributed by atoms with E-state index < -0.39 is 16.1 Å². The minimum absolute atomic E-state index is 0.0652. The van der Waals surface area contributed by atoms with Crippen LogP contribution in [-0.2, 0) is 19.6 Å². The Balaban J connectivity index is 1.35. The Bertz CT molecular complexity index is 948. The van der Waals surface area contributed by atoms with Gasteiger partial charge in [-0.25, -0.2) is 8.42 Å². The Kier molecular flexibility index (Phi) is 7.05. The normalized spacial score (nSPS) is 23.9. The molecule has 0 radical (unpaired) electrons. The molecule has 1 atom stereocenters. The molecule has 4 rings (SSSR count). The first-order valence-electron chi connectivity index (χ1n) is 11.8. The topological polar surface area (TPSA) is 105 Å². The summed E-state index contributed by atoms with van der Waals surface area (Å²) in [5.74, 6) is 0.0730. The van der Waals surface area contributed by atoms with E-state index in [0.717, 1.165) is 25.7 Å². The average molecular weight is 464 g/mol. The fourth-order valence-corrected chi connectivity index (χ4v) is 6.27. The van der Waals surface area contributed by atoms with E-state index >= 15 is 0 Å². The monoisotopic (exact) mass is 463 g/mol. The van der Waals surface area contributed by atoms with Crippen molar-refractivity contribution in [3.63, 3.8) is 0 Å². The van der Waals surface area contributed by atoms with E-state index in [1.807, 2.05) is 0 Å². The number of piperidine rings is 1. The maximum Gasteiger partial charge on any atom is 0.265 e. The third kappa shape index (κ3) is 5.09. The van der Waals surface area contributed by atoms with Gasteiger partial charge in [-0.1, -0.05) is 32.1 Å². The lowest BCUT2D eigenvalue weighted by molar-refractivity contribution is -0.127. The SMILES string of the molecule is CC1Oc2ccc(S(=O)(=O)N3CCC(C(=O)NC4CCCCCCC4)CC3)cc2NC1=O. The molecule has 1 saturated carbocycles. The summed E-state index contributed by atoms with van der Waals surface area (Å²) in [6.45, 7) is 2.25. The summed E-state index contributed by atoms with van der Waals surface area (Å²) < 4.78 is 33.3. The van der Waals surface area contributed by atoms with Crippen LogP contribution in [0.1, 0.15) is 64.7 Å². The maximum atomic E-state index is 13.2. The van der Waals surface area contributed by atoms with E-state index in [4.69, 9.17) is 4.74 Å². The molecule has 2 N–H and O–H groups in total. The molecule has 1 unspecified atom stereocenters. The highest BCUT2D eigenvalue weighted by Crippen LogP contribution is 2.33. The molecule has 0 aromatic heterocycles. The number of nitrogens with one attached hydrogen (secondary N) is 2. The maximum absolute atomic E-state index is 13.2. The molecule has 1 aromatic carbocycles. The van der Waals surface area contributed by atoms with E-state index in [2.05, 4.69) is 10.6 Å². The predicted molar refractivity (Wildman–Crippen MR) is 121 cm³/mol. The van der Waals surface area contributed by atoms with Crippen molar-refractivity contribution >= 4 is 27.5 Å². The van der Waals surface area contributed by atoms with Crippen LogP contribution in [0.15, 0.2) is 23.1 Å². The summed E-state index contributed by atoms with van der Waals surface area (Å²) in [6.07, 6.45) is 8.57. The molecule has 1 aliphatic carbocycles. The number of amides is 2. The molecule has 9 heteroatoms. The minimum atomic E-state index is -3.72. The molecular formula is C23H33N3O5S. The Hall–Kier alpha value is -2.13. The zero-order valence-electron chi connectivity index (χ0n) is 18.6. The van der Waals surface area contributed by atoms with Crippen LogP contribution in [0.25, 0.3) is 0 Å². The number of carbonyl (C=O) groups excluding carboxylic acids is 2. The van der Waals surface area contributed by atoms with E-state index in [1.54, 1.807) is 13.0 Å². The average Bonchev–Trinajstić information content (AvgIpc) is 2.76. The van der Waals surface area contributed by atoms with Gasteiger partial charge in [-0.2, -0.15) is 4.31 Å². The van der Waals surface area contributed by atoms with Gasteiger partial charge in [-0.3, -0.25) is 9.59 Å². The highest BCUT2D eigenvalue weighted by Gasteiger charge is 2.34. The number of hydrogen-bond acceptors (Lipinski definition) is 5. The molecule has 32 heavy (non-hydrogen) atoms. The highest BCUT2D eigenvalue weighted by molar-refractivity contribution is 7.89. The lowest BCUT2D eigenvalue weighted by Gasteiger charge is -2.32. The standard InChI is InChI=1S/C23H33N3O5S/c1-16-22(27)25-20-15-19(9-10-21(20)31-16)32(29,30)26-13-11-17(12-14-26)23(28)24-18-7-5-3-2-4-6-8-18/h9-10,15-18H,2-8,11-14H2,1H3,(H,24,28)(H,25,27).